The number of fused-ring (bicyclic) bond motifs is 1. The number of halogens is 1. The van der Waals surface area contributed by atoms with Gasteiger partial charge < -0.3 is 0 Å². The number of hydrogen-bond donors (Lipinski definition) is 0. The van der Waals surface area contributed by atoms with E-state index in [1.165, 1.54) is 0 Å². The van der Waals surface area contributed by atoms with Crippen molar-refractivity contribution in [3.63, 3.8) is 0 Å². The highest BCUT2D eigenvalue weighted by molar-refractivity contribution is 9.10. The molecule has 4 heteroatoms. The van der Waals surface area contributed by atoms with Crippen molar-refractivity contribution in [2.24, 2.45) is 0 Å². The normalized spacial score (nSPS) is 18.6. The smallest absolute Gasteiger partial charge is 0.179 e. The molecule has 1 aromatic carbocycles. The molecule has 0 amide bonds. The van der Waals surface area contributed by atoms with Crippen LogP contribution in [0.25, 0.3) is 0 Å². The molecule has 0 saturated carbocycles. The molecule has 1 aliphatic heterocycles. The average Bonchev–Trinajstić information content (AvgIpc) is 2.36. The first-order valence-electron chi connectivity index (χ1n) is 4.03. The highest BCUT2D eigenvalue weighted by Gasteiger charge is 2.29. The molecule has 0 aromatic heterocycles. The van der Waals surface area contributed by atoms with E-state index in [0.29, 0.717) is 11.3 Å². The first kappa shape index (κ1) is 9.21. The number of aryl methyl sites for hydroxylation is 1. The van der Waals surface area contributed by atoms with Crippen LogP contribution in [-0.2, 0) is 16.3 Å². The molecule has 0 bridgehead atoms. The van der Waals surface area contributed by atoms with E-state index < -0.39 is 9.84 Å². The molecular formula is C9H9BrO2S. The lowest BCUT2D eigenvalue weighted by Gasteiger charge is -2.04. The van der Waals surface area contributed by atoms with E-state index in [1.807, 2.05) is 19.1 Å². The standard InChI is InChI=1S/C9H9BrO2S/c1-6-2-3-8(10)7-4-5-13(11,12)9(6)7/h2-3H,4-5H2,1H3. The molecule has 13 heavy (non-hydrogen) atoms. The fraction of sp³-hybridized carbons (Fsp3) is 0.333. The zero-order valence-electron chi connectivity index (χ0n) is 7.17. The Hall–Kier alpha value is -0.350. The topological polar surface area (TPSA) is 34.1 Å². The fourth-order valence-corrected chi connectivity index (χ4v) is 4.21. The van der Waals surface area contributed by atoms with Gasteiger partial charge in [0, 0.05) is 4.47 Å². The Bertz CT molecular complexity index is 463. The zero-order valence-corrected chi connectivity index (χ0v) is 9.57. The van der Waals surface area contributed by atoms with Crippen LogP contribution in [0.1, 0.15) is 11.1 Å². The molecule has 1 heterocycles. The molecule has 0 N–H and O–H groups in total. The van der Waals surface area contributed by atoms with Crippen LogP contribution < -0.4 is 0 Å². The Morgan fingerprint density at radius 3 is 2.69 bits per heavy atom. The van der Waals surface area contributed by atoms with E-state index in [9.17, 15) is 8.42 Å². The first-order valence-corrected chi connectivity index (χ1v) is 6.47. The van der Waals surface area contributed by atoms with Gasteiger partial charge in [-0.05, 0) is 30.5 Å². The summed E-state index contributed by atoms with van der Waals surface area (Å²) in [5, 5.41) is 0. The summed E-state index contributed by atoms with van der Waals surface area (Å²) < 4.78 is 24.1. The van der Waals surface area contributed by atoms with Crippen LogP contribution in [-0.4, -0.2) is 14.2 Å². The molecule has 1 aliphatic rings. The van der Waals surface area contributed by atoms with Crippen molar-refractivity contribution >= 4 is 25.8 Å². The van der Waals surface area contributed by atoms with Gasteiger partial charge in [0.1, 0.15) is 0 Å². The lowest BCUT2D eigenvalue weighted by Crippen LogP contribution is -2.00. The van der Waals surface area contributed by atoms with Crippen LogP contribution in [0.3, 0.4) is 0 Å². The summed E-state index contributed by atoms with van der Waals surface area (Å²) in [6, 6.07) is 3.75. The van der Waals surface area contributed by atoms with Gasteiger partial charge in [-0.25, -0.2) is 8.42 Å². The van der Waals surface area contributed by atoms with Gasteiger partial charge in [-0.1, -0.05) is 22.0 Å². The summed E-state index contributed by atoms with van der Waals surface area (Å²) in [4.78, 5) is 0.543. The predicted octanol–water partition coefficient (Wildman–Crippen LogP) is 2.09. The van der Waals surface area contributed by atoms with Crippen LogP contribution in [0.4, 0.5) is 0 Å². The quantitative estimate of drug-likeness (QED) is 0.716. The second kappa shape index (κ2) is 2.82. The summed E-state index contributed by atoms with van der Waals surface area (Å²) in [7, 11) is -2.99. The minimum absolute atomic E-state index is 0.256. The van der Waals surface area contributed by atoms with Crippen molar-refractivity contribution in [1.29, 1.82) is 0 Å². The van der Waals surface area contributed by atoms with Gasteiger partial charge in [0.15, 0.2) is 9.84 Å². The van der Waals surface area contributed by atoms with Crippen molar-refractivity contribution in [3.05, 3.63) is 27.7 Å². The van der Waals surface area contributed by atoms with E-state index in [0.717, 1.165) is 15.6 Å². The van der Waals surface area contributed by atoms with Crippen LogP contribution in [0.2, 0.25) is 0 Å². The largest absolute Gasteiger partial charge is 0.224 e. The van der Waals surface area contributed by atoms with Crippen molar-refractivity contribution < 1.29 is 8.42 Å². The van der Waals surface area contributed by atoms with E-state index in [4.69, 9.17) is 0 Å². The maximum atomic E-state index is 11.6. The van der Waals surface area contributed by atoms with Crippen molar-refractivity contribution in [2.45, 2.75) is 18.2 Å². The fourth-order valence-electron chi connectivity index (χ4n) is 1.73. The number of sulfone groups is 1. The van der Waals surface area contributed by atoms with E-state index in [1.54, 1.807) is 0 Å². The van der Waals surface area contributed by atoms with Gasteiger partial charge in [0.25, 0.3) is 0 Å². The molecule has 70 valence electrons. The zero-order chi connectivity index (χ0) is 9.64. The van der Waals surface area contributed by atoms with Crippen molar-refractivity contribution in [2.75, 3.05) is 5.75 Å². The van der Waals surface area contributed by atoms with Crippen LogP contribution in [0.5, 0.6) is 0 Å². The lowest BCUT2D eigenvalue weighted by molar-refractivity contribution is 0.599. The van der Waals surface area contributed by atoms with Crippen LogP contribution in [0, 0.1) is 6.92 Å². The minimum Gasteiger partial charge on any atom is -0.224 e. The SMILES string of the molecule is Cc1ccc(Br)c2c1S(=O)(=O)CC2. The Balaban J connectivity index is 2.85. The van der Waals surface area contributed by atoms with Gasteiger partial charge in [0.05, 0.1) is 10.6 Å². The summed E-state index contributed by atoms with van der Waals surface area (Å²) >= 11 is 3.37. The molecule has 2 rings (SSSR count). The minimum atomic E-state index is -2.99. The second-order valence-corrected chi connectivity index (χ2v) is 6.14. The third kappa shape index (κ3) is 1.32. The predicted molar refractivity (Wildman–Crippen MR) is 54.6 cm³/mol. The third-order valence-corrected chi connectivity index (χ3v) is 5.01. The molecule has 0 fully saturated rings. The molecule has 0 aliphatic carbocycles. The summed E-state index contributed by atoms with van der Waals surface area (Å²) in [6.07, 6.45) is 0.639. The maximum absolute atomic E-state index is 11.6. The van der Waals surface area contributed by atoms with Gasteiger partial charge in [0.2, 0.25) is 0 Å². The highest BCUT2D eigenvalue weighted by Crippen LogP contribution is 2.34. The maximum Gasteiger partial charge on any atom is 0.179 e. The molecule has 0 unspecified atom stereocenters. The third-order valence-electron chi connectivity index (χ3n) is 2.33. The number of rotatable bonds is 0. The van der Waals surface area contributed by atoms with Gasteiger partial charge >= 0.3 is 0 Å². The molecule has 0 spiro atoms. The Labute approximate surface area is 86.0 Å². The summed E-state index contributed by atoms with van der Waals surface area (Å²) in [5.74, 6) is 0.256. The molecular weight excluding hydrogens is 252 g/mol. The monoisotopic (exact) mass is 260 g/mol. The van der Waals surface area contributed by atoms with Gasteiger partial charge in [-0.2, -0.15) is 0 Å². The van der Waals surface area contributed by atoms with E-state index in [2.05, 4.69) is 15.9 Å². The highest BCUT2D eigenvalue weighted by atomic mass is 79.9. The molecule has 0 saturated heterocycles. The average molecular weight is 261 g/mol. The van der Waals surface area contributed by atoms with Gasteiger partial charge in [-0.15, -0.1) is 0 Å². The lowest BCUT2D eigenvalue weighted by atomic mass is 10.1. The summed E-state index contributed by atoms with van der Waals surface area (Å²) in [5.41, 5.74) is 1.80. The Kier molecular flexibility index (Phi) is 2.00. The molecule has 2 nitrogen and oxygen atoms in total. The Morgan fingerprint density at radius 1 is 1.38 bits per heavy atom. The van der Waals surface area contributed by atoms with Gasteiger partial charge in [-0.3, -0.25) is 0 Å². The van der Waals surface area contributed by atoms with E-state index in [-0.39, 0.29) is 5.75 Å². The molecule has 1 aromatic rings. The van der Waals surface area contributed by atoms with Crippen LogP contribution in [0.15, 0.2) is 21.5 Å². The second-order valence-electron chi connectivity index (χ2n) is 3.24. The van der Waals surface area contributed by atoms with Crippen LogP contribution >= 0.6 is 15.9 Å². The van der Waals surface area contributed by atoms with Crippen molar-refractivity contribution in [1.82, 2.24) is 0 Å². The molecule has 0 atom stereocenters. The summed E-state index contributed by atoms with van der Waals surface area (Å²) in [6.45, 7) is 1.84. The number of hydrogen-bond acceptors (Lipinski definition) is 2. The van der Waals surface area contributed by atoms with Crippen molar-refractivity contribution in [3.8, 4) is 0 Å². The first-order chi connectivity index (χ1) is 6.02. The number of benzene rings is 1. The van der Waals surface area contributed by atoms with E-state index >= 15 is 0 Å². The Morgan fingerprint density at radius 2 is 2.08 bits per heavy atom. The molecule has 0 radical (unpaired) electrons.